The molecule has 17 heavy (non-hydrogen) atoms. The van der Waals surface area contributed by atoms with Crippen molar-refractivity contribution in [3.05, 3.63) is 29.8 Å². The van der Waals surface area contributed by atoms with Crippen LogP contribution in [0.5, 0.6) is 0 Å². The standard InChI is InChI=1S/C13H19N3O/c1-14-13(17)10-11-2-4-12(5-3-11)16-8-6-15-7-9-16/h2-5,15H,6-10H2,1H3,(H,14,17). The topological polar surface area (TPSA) is 44.4 Å². The van der Waals surface area contributed by atoms with Crippen LogP contribution in [-0.4, -0.2) is 39.1 Å². The van der Waals surface area contributed by atoms with Crippen molar-refractivity contribution in [1.29, 1.82) is 0 Å². The summed E-state index contributed by atoms with van der Waals surface area (Å²) in [5, 5.41) is 5.97. The van der Waals surface area contributed by atoms with Crippen LogP contribution in [0.3, 0.4) is 0 Å². The number of piperazine rings is 1. The largest absolute Gasteiger partial charge is 0.369 e. The second kappa shape index (κ2) is 5.68. The molecule has 1 heterocycles. The highest BCUT2D eigenvalue weighted by molar-refractivity contribution is 5.78. The predicted molar refractivity (Wildman–Crippen MR) is 69.3 cm³/mol. The van der Waals surface area contributed by atoms with Gasteiger partial charge in [0.15, 0.2) is 0 Å². The van der Waals surface area contributed by atoms with Crippen LogP contribution in [0.2, 0.25) is 0 Å². The van der Waals surface area contributed by atoms with Crippen LogP contribution in [0, 0.1) is 0 Å². The number of rotatable bonds is 3. The Morgan fingerprint density at radius 2 is 1.94 bits per heavy atom. The quantitative estimate of drug-likeness (QED) is 0.793. The van der Waals surface area contributed by atoms with Crippen molar-refractivity contribution in [1.82, 2.24) is 10.6 Å². The van der Waals surface area contributed by atoms with Crippen molar-refractivity contribution < 1.29 is 4.79 Å². The van der Waals surface area contributed by atoms with E-state index in [0.29, 0.717) is 6.42 Å². The lowest BCUT2D eigenvalue weighted by Gasteiger charge is -2.29. The van der Waals surface area contributed by atoms with E-state index >= 15 is 0 Å². The Balaban J connectivity index is 1.99. The molecule has 0 bridgehead atoms. The van der Waals surface area contributed by atoms with Gasteiger partial charge in [-0.2, -0.15) is 0 Å². The van der Waals surface area contributed by atoms with Crippen LogP contribution in [-0.2, 0) is 11.2 Å². The highest BCUT2D eigenvalue weighted by atomic mass is 16.1. The molecule has 0 aliphatic carbocycles. The van der Waals surface area contributed by atoms with Crippen LogP contribution in [0.15, 0.2) is 24.3 Å². The Labute approximate surface area is 102 Å². The fourth-order valence-corrected chi connectivity index (χ4v) is 2.02. The number of hydrogen-bond acceptors (Lipinski definition) is 3. The first-order valence-electron chi connectivity index (χ1n) is 6.05. The van der Waals surface area contributed by atoms with Gasteiger partial charge in [-0.05, 0) is 17.7 Å². The summed E-state index contributed by atoms with van der Waals surface area (Å²) in [6, 6.07) is 8.27. The molecule has 0 aromatic heterocycles. The minimum atomic E-state index is 0.0555. The maximum atomic E-state index is 11.2. The summed E-state index contributed by atoms with van der Waals surface area (Å²) >= 11 is 0. The number of likely N-dealkylation sites (N-methyl/N-ethyl adjacent to an activating group) is 1. The van der Waals surface area contributed by atoms with E-state index in [4.69, 9.17) is 0 Å². The number of hydrogen-bond donors (Lipinski definition) is 2. The average molecular weight is 233 g/mol. The molecule has 1 aromatic rings. The van der Waals surface area contributed by atoms with Crippen molar-refractivity contribution in [3.63, 3.8) is 0 Å². The van der Waals surface area contributed by atoms with E-state index in [2.05, 4.69) is 27.7 Å². The highest BCUT2D eigenvalue weighted by Gasteiger charge is 2.10. The van der Waals surface area contributed by atoms with E-state index < -0.39 is 0 Å². The molecule has 2 rings (SSSR count). The molecule has 0 radical (unpaired) electrons. The third kappa shape index (κ3) is 3.20. The van der Waals surface area contributed by atoms with Crippen LogP contribution >= 0.6 is 0 Å². The molecule has 4 heteroatoms. The average Bonchev–Trinajstić information content (AvgIpc) is 2.40. The second-order valence-electron chi connectivity index (χ2n) is 4.25. The van der Waals surface area contributed by atoms with Crippen LogP contribution < -0.4 is 15.5 Å². The maximum Gasteiger partial charge on any atom is 0.224 e. The zero-order valence-electron chi connectivity index (χ0n) is 10.2. The van der Waals surface area contributed by atoms with Gasteiger partial charge in [0.2, 0.25) is 5.91 Å². The number of carbonyl (C=O) groups is 1. The summed E-state index contributed by atoms with van der Waals surface area (Å²) < 4.78 is 0. The van der Waals surface area contributed by atoms with Crippen LogP contribution in [0.1, 0.15) is 5.56 Å². The van der Waals surface area contributed by atoms with Gasteiger partial charge in [0.1, 0.15) is 0 Å². The number of carbonyl (C=O) groups excluding carboxylic acids is 1. The fourth-order valence-electron chi connectivity index (χ4n) is 2.02. The minimum absolute atomic E-state index is 0.0555. The minimum Gasteiger partial charge on any atom is -0.369 e. The molecule has 1 saturated heterocycles. The summed E-state index contributed by atoms with van der Waals surface area (Å²) in [4.78, 5) is 13.6. The van der Waals surface area contributed by atoms with E-state index in [-0.39, 0.29) is 5.91 Å². The van der Waals surface area contributed by atoms with Crippen molar-refractivity contribution in [3.8, 4) is 0 Å². The van der Waals surface area contributed by atoms with Gasteiger partial charge in [-0.1, -0.05) is 12.1 Å². The lowest BCUT2D eigenvalue weighted by molar-refractivity contribution is -0.119. The highest BCUT2D eigenvalue weighted by Crippen LogP contribution is 2.15. The molecule has 1 aliphatic heterocycles. The van der Waals surface area contributed by atoms with E-state index in [1.54, 1.807) is 7.05 Å². The first-order valence-corrected chi connectivity index (χ1v) is 6.05. The third-order valence-corrected chi connectivity index (χ3v) is 3.06. The van der Waals surface area contributed by atoms with E-state index in [9.17, 15) is 4.79 Å². The summed E-state index contributed by atoms with van der Waals surface area (Å²) in [6.45, 7) is 4.18. The van der Waals surface area contributed by atoms with Gasteiger partial charge in [0.05, 0.1) is 6.42 Å². The fraction of sp³-hybridized carbons (Fsp3) is 0.462. The third-order valence-electron chi connectivity index (χ3n) is 3.06. The molecule has 0 atom stereocenters. The van der Waals surface area contributed by atoms with Crippen LogP contribution in [0.25, 0.3) is 0 Å². The predicted octanol–water partition coefficient (Wildman–Crippen LogP) is 0.385. The van der Waals surface area contributed by atoms with Gasteiger partial charge in [0, 0.05) is 38.9 Å². The van der Waals surface area contributed by atoms with Crippen molar-refractivity contribution in [2.24, 2.45) is 0 Å². The van der Waals surface area contributed by atoms with Crippen molar-refractivity contribution in [2.45, 2.75) is 6.42 Å². The number of benzene rings is 1. The molecule has 2 N–H and O–H groups in total. The van der Waals surface area contributed by atoms with E-state index in [1.807, 2.05) is 12.1 Å². The Bertz CT molecular complexity index is 369. The summed E-state index contributed by atoms with van der Waals surface area (Å²) in [7, 11) is 1.66. The Morgan fingerprint density at radius 3 is 2.53 bits per heavy atom. The molecule has 0 unspecified atom stereocenters. The maximum absolute atomic E-state index is 11.2. The lowest BCUT2D eigenvalue weighted by atomic mass is 10.1. The molecular weight excluding hydrogens is 214 g/mol. The van der Waals surface area contributed by atoms with Crippen molar-refractivity contribution >= 4 is 11.6 Å². The molecule has 92 valence electrons. The van der Waals surface area contributed by atoms with Gasteiger partial charge in [0.25, 0.3) is 0 Å². The Hall–Kier alpha value is -1.55. The summed E-state index contributed by atoms with van der Waals surface area (Å²) in [6.07, 6.45) is 0.457. The molecule has 0 spiro atoms. The number of nitrogens with one attached hydrogen (secondary N) is 2. The summed E-state index contributed by atoms with van der Waals surface area (Å²) in [5.41, 5.74) is 2.30. The van der Waals surface area contributed by atoms with Crippen LogP contribution in [0.4, 0.5) is 5.69 Å². The smallest absolute Gasteiger partial charge is 0.224 e. The van der Waals surface area contributed by atoms with Crippen molar-refractivity contribution in [2.75, 3.05) is 38.1 Å². The molecule has 1 fully saturated rings. The van der Waals surface area contributed by atoms with Gasteiger partial charge in [-0.3, -0.25) is 4.79 Å². The monoisotopic (exact) mass is 233 g/mol. The zero-order chi connectivity index (χ0) is 12.1. The summed E-state index contributed by atoms with van der Waals surface area (Å²) in [5.74, 6) is 0.0555. The Morgan fingerprint density at radius 1 is 1.29 bits per heavy atom. The van der Waals surface area contributed by atoms with E-state index in [0.717, 1.165) is 31.7 Å². The molecule has 4 nitrogen and oxygen atoms in total. The van der Waals surface area contributed by atoms with Gasteiger partial charge >= 0.3 is 0 Å². The molecule has 1 amide bonds. The molecule has 0 saturated carbocycles. The Kier molecular flexibility index (Phi) is 3.98. The molecular formula is C13H19N3O. The first kappa shape index (κ1) is 11.9. The molecule has 1 aliphatic rings. The second-order valence-corrected chi connectivity index (χ2v) is 4.25. The zero-order valence-corrected chi connectivity index (χ0v) is 10.2. The SMILES string of the molecule is CNC(=O)Cc1ccc(N2CCNCC2)cc1. The number of anilines is 1. The number of amides is 1. The van der Waals surface area contributed by atoms with Gasteiger partial charge in [-0.25, -0.2) is 0 Å². The number of nitrogens with zero attached hydrogens (tertiary/aromatic N) is 1. The first-order chi connectivity index (χ1) is 8.29. The molecule has 1 aromatic carbocycles. The lowest BCUT2D eigenvalue weighted by Crippen LogP contribution is -2.43. The van der Waals surface area contributed by atoms with Gasteiger partial charge < -0.3 is 15.5 Å². The van der Waals surface area contributed by atoms with E-state index in [1.165, 1.54) is 5.69 Å². The van der Waals surface area contributed by atoms with Gasteiger partial charge in [-0.15, -0.1) is 0 Å². The normalized spacial score (nSPS) is 15.7.